The number of aryl methyl sites for hydroxylation is 2. The highest BCUT2D eigenvalue weighted by molar-refractivity contribution is 6.16. The molecule has 0 aliphatic carbocycles. The highest BCUT2D eigenvalue weighted by atomic mass is 35.5. The predicted molar refractivity (Wildman–Crippen MR) is 65.3 cm³/mol. The number of alkyl halides is 1. The molecule has 0 amide bonds. The fourth-order valence-corrected chi connectivity index (χ4v) is 1.72. The smallest absolute Gasteiger partial charge is 0.299 e. The van der Waals surface area contributed by atoms with Crippen LogP contribution in [-0.4, -0.2) is 4.98 Å². The lowest BCUT2D eigenvalue weighted by Gasteiger charge is -2.04. The summed E-state index contributed by atoms with van der Waals surface area (Å²) in [5, 5.41) is 3.10. The molecule has 1 N–H and O–H groups in total. The Morgan fingerprint density at radius 3 is 2.50 bits per heavy atom. The van der Waals surface area contributed by atoms with Gasteiger partial charge in [0, 0.05) is 5.69 Å². The molecule has 4 heteroatoms. The molecule has 1 heterocycles. The molecule has 3 nitrogen and oxygen atoms in total. The van der Waals surface area contributed by atoms with Gasteiger partial charge in [0.15, 0.2) is 0 Å². The van der Waals surface area contributed by atoms with Gasteiger partial charge in [-0.05, 0) is 37.1 Å². The first-order chi connectivity index (χ1) is 7.67. The minimum atomic E-state index is 0.359. The maximum absolute atomic E-state index is 5.64. The molecule has 0 unspecified atom stereocenters. The normalized spacial score (nSPS) is 10.4. The van der Waals surface area contributed by atoms with Gasteiger partial charge in [0.25, 0.3) is 6.01 Å². The summed E-state index contributed by atoms with van der Waals surface area (Å²) in [6.45, 7) is 4.11. The number of hydrogen-bond donors (Lipinski definition) is 1. The lowest BCUT2D eigenvalue weighted by Crippen LogP contribution is -1.92. The average molecular weight is 237 g/mol. The first-order valence-electron chi connectivity index (χ1n) is 5.03. The molecule has 1 aromatic carbocycles. The van der Waals surface area contributed by atoms with Crippen LogP contribution in [0.4, 0.5) is 11.7 Å². The van der Waals surface area contributed by atoms with Crippen molar-refractivity contribution in [2.24, 2.45) is 0 Å². The Morgan fingerprint density at radius 1 is 1.25 bits per heavy atom. The van der Waals surface area contributed by atoms with Crippen LogP contribution in [0.5, 0.6) is 0 Å². The second-order valence-electron chi connectivity index (χ2n) is 3.78. The van der Waals surface area contributed by atoms with Crippen molar-refractivity contribution < 1.29 is 4.42 Å². The van der Waals surface area contributed by atoms with E-state index in [1.807, 2.05) is 12.1 Å². The molecule has 1 aromatic heterocycles. The SMILES string of the molecule is Cc1cc(C)cc(Nc2nc(CCl)co2)c1. The molecule has 0 saturated carbocycles. The quantitative estimate of drug-likeness (QED) is 0.825. The Balaban J connectivity index is 2.19. The fraction of sp³-hybridized carbons (Fsp3) is 0.250. The zero-order chi connectivity index (χ0) is 11.5. The lowest BCUT2D eigenvalue weighted by atomic mass is 10.1. The molecule has 0 aliphatic rings. The zero-order valence-corrected chi connectivity index (χ0v) is 10.0. The van der Waals surface area contributed by atoms with Gasteiger partial charge < -0.3 is 9.73 Å². The predicted octanol–water partition coefficient (Wildman–Crippen LogP) is 3.77. The Bertz CT molecular complexity index is 473. The number of halogens is 1. The number of aromatic nitrogens is 1. The molecule has 0 atom stereocenters. The number of benzene rings is 1. The third-order valence-electron chi connectivity index (χ3n) is 2.16. The Morgan fingerprint density at radius 2 is 1.94 bits per heavy atom. The van der Waals surface area contributed by atoms with Crippen molar-refractivity contribution in [2.75, 3.05) is 5.32 Å². The van der Waals surface area contributed by atoms with E-state index in [9.17, 15) is 0 Å². The minimum Gasteiger partial charge on any atom is -0.432 e. The molecular formula is C12H13ClN2O. The fourth-order valence-electron chi connectivity index (χ4n) is 1.60. The van der Waals surface area contributed by atoms with Gasteiger partial charge in [-0.25, -0.2) is 0 Å². The van der Waals surface area contributed by atoms with E-state index < -0.39 is 0 Å². The Hall–Kier alpha value is -1.48. The summed E-state index contributed by atoms with van der Waals surface area (Å²) in [6, 6.07) is 6.67. The number of oxazole rings is 1. The van der Waals surface area contributed by atoms with Crippen molar-refractivity contribution in [3.8, 4) is 0 Å². The zero-order valence-electron chi connectivity index (χ0n) is 9.25. The summed E-state index contributed by atoms with van der Waals surface area (Å²) in [5.41, 5.74) is 4.10. The second kappa shape index (κ2) is 4.58. The van der Waals surface area contributed by atoms with Crippen molar-refractivity contribution in [3.05, 3.63) is 41.3 Å². The molecule has 0 bridgehead atoms. The van der Waals surface area contributed by atoms with Crippen LogP contribution in [-0.2, 0) is 5.88 Å². The summed E-state index contributed by atoms with van der Waals surface area (Å²) in [4.78, 5) is 4.17. The molecule has 2 rings (SSSR count). The topological polar surface area (TPSA) is 38.1 Å². The first kappa shape index (κ1) is 11.0. The summed E-state index contributed by atoms with van der Waals surface area (Å²) >= 11 is 5.64. The number of hydrogen-bond acceptors (Lipinski definition) is 3. The highest BCUT2D eigenvalue weighted by Crippen LogP contribution is 2.19. The Labute approximate surface area is 99.5 Å². The summed E-state index contributed by atoms with van der Waals surface area (Å²) in [7, 11) is 0. The van der Waals surface area contributed by atoms with Crippen molar-refractivity contribution in [1.29, 1.82) is 0 Å². The second-order valence-corrected chi connectivity index (χ2v) is 4.05. The van der Waals surface area contributed by atoms with Crippen molar-refractivity contribution in [3.63, 3.8) is 0 Å². The third kappa shape index (κ3) is 2.55. The molecule has 0 spiro atoms. The van der Waals surface area contributed by atoms with Gasteiger partial charge >= 0.3 is 0 Å². The first-order valence-corrected chi connectivity index (χ1v) is 5.56. The highest BCUT2D eigenvalue weighted by Gasteiger charge is 2.03. The maximum Gasteiger partial charge on any atom is 0.299 e. The molecule has 0 fully saturated rings. The summed E-state index contributed by atoms with van der Waals surface area (Å²) in [5.74, 6) is 0.359. The van der Waals surface area contributed by atoms with Crippen molar-refractivity contribution >= 4 is 23.3 Å². The molecule has 2 aromatic rings. The van der Waals surface area contributed by atoms with Crippen LogP contribution in [0.15, 0.2) is 28.9 Å². The number of nitrogens with one attached hydrogen (secondary N) is 1. The van der Waals surface area contributed by atoms with E-state index in [0.717, 1.165) is 11.4 Å². The molecular weight excluding hydrogens is 224 g/mol. The number of anilines is 2. The van der Waals surface area contributed by atoms with E-state index in [2.05, 4.69) is 30.2 Å². The lowest BCUT2D eigenvalue weighted by molar-refractivity contribution is 0.576. The Kier molecular flexibility index (Phi) is 3.15. The summed E-state index contributed by atoms with van der Waals surface area (Å²) < 4.78 is 5.23. The van der Waals surface area contributed by atoms with Gasteiger partial charge in [-0.3, -0.25) is 0 Å². The van der Waals surface area contributed by atoms with Gasteiger partial charge in [-0.2, -0.15) is 4.98 Å². The average Bonchev–Trinajstić information content (AvgIpc) is 2.64. The van der Waals surface area contributed by atoms with Gasteiger partial charge in [0.1, 0.15) is 6.26 Å². The molecule has 16 heavy (non-hydrogen) atoms. The van der Waals surface area contributed by atoms with E-state index in [1.54, 1.807) is 6.26 Å². The molecule has 0 radical (unpaired) electrons. The maximum atomic E-state index is 5.64. The van der Waals surface area contributed by atoms with Gasteiger partial charge in [0.2, 0.25) is 0 Å². The van der Waals surface area contributed by atoms with E-state index in [-0.39, 0.29) is 0 Å². The van der Waals surface area contributed by atoms with E-state index in [0.29, 0.717) is 11.9 Å². The van der Waals surface area contributed by atoms with E-state index in [4.69, 9.17) is 16.0 Å². The van der Waals surface area contributed by atoms with Crippen LogP contribution in [0.25, 0.3) is 0 Å². The molecule has 0 saturated heterocycles. The monoisotopic (exact) mass is 236 g/mol. The third-order valence-corrected chi connectivity index (χ3v) is 2.44. The standard InChI is InChI=1S/C12H13ClN2O/c1-8-3-9(2)5-10(4-8)14-12-15-11(6-13)7-16-12/h3-5,7H,6H2,1-2H3,(H,14,15). The number of nitrogens with zero attached hydrogens (tertiary/aromatic N) is 1. The van der Waals surface area contributed by atoms with Crippen LogP contribution >= 0.6 is 11.6 Å². The van der Waals surface area contributed by atoms with E-state index >= 15 is 0 Å². The van der Waals surface area contributed by atoms with Gasteiger partial charge in [0.05, 0.1) is 11.6 Å². The van der Waals surface area contributed by atoms with Gasteiger partial charge in [-0.1, -0.05) is 6.07 Å². The number of rotatable bonds is 3. The van der Waals surface area contributed by atoms with Crippen LogP contribution in [0.1, 0.15) is 16.8 Å². The van der Waals surface area contributed by atoms with Crippen LogP contribution in [0.2, 0.25) is 0 Å². The molecule has 0 aliphatic heterocycles. The van der Waals surface area contributed by atoms with Crippen molar-refractivity contribution in [2.45, 2.75) is 19.7 Å². The van der Waals surface area contributed by atoms with Crippen LogP contribution < -0.4 is 5.32 Å². The summed E-state index contributed by atoms with van der Waals surface area (Å²) in [6.07, 6.45) is 1.55. The van der Waals surface area contributed by atoms with Gasteiger partial charge in [-0.15, -0.1) is 11.6 Å². The van der Waals surface area contributed by atoms with Crippen molar-refractivity contribution in [1.82, 2.24) is 4.98 Å². The van der Waals surface area contributed by atoms with E-state index in [1.165, 1.54) is 11.1 Å². The largest absolute Gasteiger partial charge is 0.432 e. The van der Waals surface area contributed by atoms with Crippen LogP contribution in [0, 0.1) is 13.8 Å². The minimum absolute atomic E-state index is 0.359. The molecule has 84 valence electrons. The van der Waals surface area contributed by atoms with Crippen LogP contribution in [0.3, 0.4) is 0 Å².